The van der Waals surface area contributed by atoms with E-state index in [4.69, 9.17) is 0 Å². The van der Waals surface area contributed by atoms with Crippen LogP contribution < -0.4 is 0 Å². The fourth-order valence-corrected chi connectivity index (χ4v) is 2.61. The van der Waals surface area contributed by atoms with E-state index in [-0.39, 0.29) is 46.1 Å². The van der Waals surface area contributed by atoms with E-state index in [0.29, 0.717) is 0 Å². The van der Waals surface area contributed by atoms with Gasteiger partial charge in [-0.3, -0.25) is 0 Å². The zero-order valence-electron chi connectivity index (χ0n) is 13.1. The molecule has 0 spiro atoms. The van der Waals surface area contributed by atoms with Crippen LogP contribution in [0.1, 0.15) is 26.3 Å². The molecular weight excluding hydrogens is 407 g/mol. The summed E-state index contributed by atoms with van der Waals surface area (Å²) in [6.45, 7) is 6.84. The Morgan fingerprint density at radius 2 is 1.40 bits per heavy atom. The SMILES string of the molecule is CC(C)(C)[c-]1ccc2ccc3ccccc3c21.[CH3-].[CH3-].[Hf]. The third kappa shape index (κ3) is 3.09. The second-order valence-electron chi connectivity index (χ2n) is 5.75. The first-order chi connectivity index (χ1) is 8.07. The van der Waals surface area contributed by atoms with Crippen LogP contribution in [0.2, 0.25) is 0 Å². The van der Waals surface area contributed by atoms with Crippen LogP contribution in [0, 0.1) is 14.9 Å². The summed E-state index contributed by atoms with van der Waals surface area (Å²) in [4.78, 5) is 0. The van der Waals surface area contributed by atoms with Crippen molar-refractivity contribution in [1.82, 2.24) is 0 Å². The molecule has 3 rings (SSSR count). The third-order valence-corrected chi connectivity index (χ3v) is 3.47. The Morgan fingerprint density at radius 1 is 0.800 bits per heavy atom. The number of benzene rings is 2. The predicted molar refractivity (Wildman–Crippen MR) is 88.6 cm³/mol. The fourth-order valence-electron chi connectivity index (χ4n) is 2.61. The van der Waals surface area contributed by atoms with Crippen molar-refractivity contribution < 1.29 is 25.8 Å². The van der Waals surface area contributed by atoms with Gasteiger partial charge in [0.1, 0.15) is 0 Å². The van der Waals surface area contributed by atoms with Gasteiger partial charge in [-0.25, -0.2) is 0 Å². The van der Waals surface area contributed by atoms with Crippen LogP contribution in [0.15, 0.2) is 48.5 Å². The summed E-state index contributed by atoms with van der Waals surface area (Å²) in [5.41, 5.74) is 1.65. The molecule has 0 saturated heterocycles. The molecule has 3 aromatic rings. The van der Waals surface area contributed by atoms with Gasteiger partial charge in [-0.15, -0.1) is 28.5 Å². The van der Waals surface area contributed by atoms with Crippen LogP contribution in [-0.2, 0) is 31.3 Å². The molecule has 0 aliphatic heterocycles. The molecule has 0 aromatic heterocycles. The molecule has 0 bridgehead atoms. The van der Waals surface area contributed by atoms with E-state index in [1.807, 2.05) is 0 Å². The summed E-state index contributed by atoms with van der Waals surface area (Å²) in [5.74, 6) is 0. The number of fused-ring (bicyclic) bond motifs is 3. The van der Waals surface area contributed by atoms with E-state index >= 15 is 0 Å². The second kappa shape index (κ2) is 6.76. The fraction of sp³-hybridized carbons (Fsp3) is 0.211. The van der Waals surface area contributed by atoms with Crippen molar-refractivity contribution >= 4 is 21.5 Å². The first-order valence-corrected chi connectivity index (χ1v) is 6.15. The van der Waals surface area contributed by atoms with Gasteiger partial charge in [0.25, 0.3) is 0 Å². The Hall–Kier alpha value is -0.820. The van der Waals surface area contributed by atoms with Crippen molar-refractivity contribution in [2.75, 3.05) is 0 Å². The molecule has 0 aliphatic carbocycles. The number of rotatable bonds is 0. The maximum absolute atomic E-state index is 2.28. The van der Waals surface area contributed by atoms with Gasteiger partial charge in [0.05, 0.1) is 0 Å². The zero-order valence-corrected chi connectivity index (χ0v) is 16.7. The molecule has 0 heterocycles. The quantitative estimate of drug-likeness (QED) is 0.308. The van der Waals surface area contributed by atoms with E-state index in [1.54, 1.807) is 0 Å². The molecule has 0 nitrogen and oxygen atoms in total. The van der Waals surface area contributed by atoms with E-state index in [2.05, 4.69) is 69.3 Å². The second-order valence-corrected chi connectivity index (χ2v) is 5.75. The van der Waals surface area contributed by atoms with Gasteiger partial charge in [-0.1, -0.05) is 61.9 Å². The first-order valence-electron chi connectivity index (χ1n) is 6.15. The molecule has 0 radical (unpaired) electrons. The minimum atomic E-state index is 0. The largest absolute Gasteiger partial charge is 0.358 e. The number of hydrogen-bond donors (Lipinski definition) is 0. The van der Waals surface area contributed by atoms with Crippen molar-refractivity contribution in [1.29, 1.82) is 0 Å². The third-order valence-electron chi connectivity index (χ3n) is 3.47. The minimum Gasteiger partial charge on any atom is -0.358 e. The summed E-state index contributed by atoms with van der Waals surface area (Å²) in [6, 6.07) is 17.6. The molecule has 0 aliphatic rings. The molecule has 0 saturated carbocycles. The van der Waals surface area contributed by atoms with Crippen LogP contribution in [0.5, 0.6) is 0 Å². The first kappa shape index (κ1) is 19.2. The summed E-state index contributed by atoms with van der Waals surface area (Å²) >= 11 is 0. The van der Waals surface area contributed by atoms with Crippen molar-refractivity contribution in [3.8, 4) is 0 Å². The molecule has 3 aromatic carbocycles. The zero-order chi connectivity index (χ0) is 12.0. The van der Waals surface area contributed by atoms with Crippen LogP contribution in [0.3, 0.4) is 0 Å². The van der Waals surface area contributed by atoms with Gasteiger partial charge in [-0.05, 0) is 5.41 Å². The molecule has 20 heavy (non-hydrogen) atoms. The molecule has 106 valence electrons. The van der Waals surface area contributed by atoms with Gasteiger partial charge in [-0.2, -0.15) is 6.07 Å². The minimum absolute atomic E-state index is 0. The van der Waals surface area contributed by atoms with Crippen molar-refractivity contribution in [3.05, 3.63) is 68.9 Å². The number of hydrogen-bond acceptors (Lipinski definition) is 0. The molecule has 0 amide bonds. The average Bonchev–Trinajstić information content (AvgIpc) is 2.72. The summed E-state index contributed by atoms with van der Waals surface area (Å²) < 4.78 is 0. The van der Waals surface area contributed by atoms with E-state index < -0.39 is 0 Å². The van der Waals surface area contributed by atoms with E-state index in [0.717, 1.165) is 0 Å². The molecule has 0 unspecified atom stereocenters. The monoisotopic (exact) mass is 431 g/mol. The van der Waals surface area contributed by atoms with Gasteiger partial charge >= 0.3 is 0 Å². The Bertz CT molecular complexity index is 684. The molecular formula is C19H23Hf-3. The van der Waals surface area contributed by atoms with Gasteiger partial charge in [0.15, 0.2) is 0 Å². The maximum atomic E-state index is 2.28. The van der Waals surface area contributed by atoms with E-state index in [1.165, 1.54) is 27.1 Å². The molecule has 0 atom stereocenters. The van der Waals surface area contributed by atoms with Gasteiger partial charge in [0, 0.05) is 25.8 Å². The maximum Gasteiger partial charge on any atom is 0 e. The van der Waals surface area contributed by atoms with Crippen molar-refractivity contribution in [2.24, 2.45) is 0 Å². The molecule has 0 fully saturated rings. The summed E-state index contributed by atoms with van der Waals surface area (Å²) in [6.07, 6.45) is 0. The summed E-state index contributed by atoms with van der Waals surface area (Å²) in [5, 5.41) is 5.49. The standard InChI is InChI=1S/C17H17.2CH3.Hf/c1-17(2,3)15-11-10-13-9-8-12-6-4-5-7-14(12)16(13)15;;;/h4-11H,1-3H3;2*1H3;/q3*-1;. The molecule has 1 heteroatoms. The van der Waals surface area contributed by atoms with Gasteiger partial charge < -0.3 is 14.9 Å². The van der Waals surface area contributed by atoms with Gasteiger partial charge in [0.2, 0.25) is 0 Å². The Balaban J connectivity index is 0.00000120. The normalized spacial score (nSPS) is 10.6. The van der Waals surface area contributed by atoms with E-state index in [9.17, 15) is 0 Å². The van der Waals surface area contributed by atoms with Crippen LogP contribution in [-0.4, -0.2) is 0 Å². The van der Waals surface area contributed by atoms with Crippen molar-refractivity contribution in [3.63, 3.8) is 0 Å². The van der Waals surface area contributed by atoms with Crippen LogP contribution in [0.4, 0.5) is 0 Å². The average molecular weight is 430 g/mol. The van der Waals surface area contributed by atoms with Crippen molar-refractivity contribution in [2.45, 2.75) is 26.2 Å². The Kier molecular flexibility index (Phi) is 6.48. The topological polar surface area (TPSA) is 0 Å². The predicted octanol–water partition coefficient (Wildman–Crippen LogP) is 5.91. The smallest absolute Gasteiger partial charge is 0 e. The van der Waals surface area contributed by atoms with Crippen LogP contribution in [0.25, 0.3) is 21.5 Å². The summed E-state index contributed by atoms with van der Waals surface area (Å²) in [7, 11) is 0. The van der Waals surface area contributed by atoms with Crippen LogP contribution >= 0.6 is 0 Å². The Morgan fingerprint density at radius 3 is 2.05 bits per heavy atom. The molecule has 0 N–H and O–H groups in total. The Labute approximate surface area is 142 Å².